The van der Waals surface area contributed by atoms with Crippen LogP contribution in [0.5, 0.6) is 11.5 Å². The number of rotatable bonds is 3. The maximum absolute atomic E-state index is 11.2. The van der Waals surface area contributed by atoms with Gasteiger partial charge in [-0.1, -0.05) is 29.3 Å². The van der Waals surface area contributed by atoms with Gasteiger partial charge >= 0.3 is 5.97 Å². The van der Waals surface area contributed by atoms with Crippen LogP contribution in [0.1, 0.15) is 10.4 Å². The van der Waals surface area contributed by atoms with E-state index in [0.717, 1.165) is 0 Å². The second-order valence-electron chi connectivity index (χ2n) is 3.60. The lowest BCUT2D eigenvalue weighted by Gasteiger charge is -2.10. The molecule has 0 heterocycles. The zero-order valence-electron chi connectivity index (χ0n) is 9.36. The predicted molar refractivity (Wildman–Crippen MR) is 77.6 cm³/mol. The van der Waals surface area contributed by atoms with Gasteiger partial charge in [-0.15, -0.1) is 0 Å². The summed E-state index contributed by atoms with van der Waals surface area (Å²) in [4.78, 5) is 11.2. The van der Waals surface area contributed by atoms with Crippen LogP contribution in [0.3, 0.4) is 0 Å². The maximum Gasteiger partial charge on any atom is 0.340 e. The minimum absolute atomic E-state index is 0.0496. The van der Waals surface area contributed by atoms with Crippen molar-refractivity contribution in [1.29, 1.82) is 0 Å². The smallest absolute Gasteiger partial charge is 0.340 e. The van der Waals surface area contributed by atoms with Gasteiger partial charge in [-0.25, -0.2) is 4.79 Å². The van der Waals surface area contributed by atoms with E-state index in [4.69, 9.17) is 33.0 Å². The van der Waals surface area contributed by atoms with E-state index in [1.807, 2.05) is 0 Å². The molecule has 1 N–H and O–H groups in total. The molecule has 0 aliphatic rings. The van der Waals surface area contributed by atoms with Crippen LogP contribution in [0.4, 0.5) is 0 Å². The van der Waals surface area contributed by atoms with E-state index in [1.54, 1.807) is 30.3 Å². The summed E-state index contributed by atoms with van der Waals surface area (Å²) in [6.07, 6.45) is 0. The van der Waals surface area contributed by atoms with Gasteiger partial charge in [-0.05, 0) is 40.2 Å². The molecule has 0 saturated heterocycles. The van der Waals surface area contributed by atoms with Crippen molar-refractivity contribution < 1.29 is 14.6 Å². The molecule has 98 valence electrons. The van der Waals surface area contributed by atoms with E-state index in [2.05, 4.69) is 15.9 Å². The summed E-state index contributed by atoms with van der Waals surface area (Å²) in [5, 5.41) is 9.91. The number of carboxylic acids is 1. The molecular weight excluding hydrogens is 355 g/mol. The number of ether oxygens (including phenoxy) is 1. The highest BCUT2D eigenvalue weighted by molar-refractivity contribution is 9.10. The Morgan fingerprint density at radius 3 is 2.53 bits per heavy atom. The molecule has 2 rings (SSSR count). The SMILES string of the molecule is O=C(O)c1c(Br)cccc1Oc1ccc(Cl)c(Cl)c1. The molecule has 0 saturated carbocycles. The first kappa shape index (κ1) is 14.2. The van der Waals surface area contributed by atoms with E-state index in [1.165, 1.54) is 6.07 Å². The van der Waals surface area contributed by atoms with Gasteiger partial charge in [0.25, 0.3) is 0 Å². The van der Waals surface area contributed by atoms with Crippen LogP contribution in [0.15, 0.2) is 40.9 Å². The van der Waals surface area contributed by atoms with Crippen LogP contribution >= 0.6 is 39.1 Å². The molecule has 0 radical (unpaired) electrons. The molecule has 0 aliphatic heterocycles. The third kappa shape index (κ3) is 3.21. The van der Waals surface area contributed by atoms with Crippen LogP contribution in [-0.4, -0.2) is 11.1 Å². The number of carbonyl (C=O) groups is 1. The summed E-state index contributed by atoms with van der Waals surface area (Å²) in [6.45, 7) is 0. The first-order valence-corrected chi connectivity index (χ1v) is 6.68. The molecule has 0 aromatic heterocycles. The molecule has 0 aliphatic carbocycles. The van der Waals surface area contributed by atoms with Crippen molar-refractivity contribution in [1.82, 2.24) is 0 Å². The quantitative estimate of drug-likeness (QED) is 0.812. The van der Waals surface area contributed by atoms with Crippen molar-refractivity contribution in [2.45, 2.75) is 0 Å². The monoisotopic (exact) mass is 360 g/mol. The first-order valence-electron chi connectivity index (χ1n) is 5.13. The summed E-state index contributed by atoms with van der Waals surface area (Å²) in [5.41, 5.74) is 0.0496. The third-order valence-corrected chi connectivity index (χ3v) is 3.71. The molecule has 0 atom stereocenters. The van der Waals surface area contributed by atoms with Gasteiger partial charge in [0.1, 0.15) is 17.1 Å². The number of aromatic carboxylic acids is 1. The van der Waals surface area contributed by atoms with Crippen LogP contribution in [-0.2, 0) is 0 Å². The molecule has 0 unspecified atom stereocenters. The Morgan fingerprint density at radius 1 is 1.16 bits per heavy atom. The zero-order chi connectivity index (χ0) is 14.0. The van der Waals surface area contributed by atoms with Gasteiger partial charge < -0.3 is 9.84 Å². The normalized spacial score (nSPS) is 10.3. The van der Waals surface area contributed by atoms with E-state index in [-0.39, 0.29) is 11.3 Å². The van der Waals surface area contributed by atoms with E-state index < -0.39 is 5.97 Å². The summed E-state index contributed by atoms with van der Waals surface area (Å²) in [7, 11) is 0. The van der Waals surface area contributed by atoms with Crippen molar-refractivity contribution in [3.63, 3.8) is 0 Å². The second-order valence-corrected chi connectivity index (χ2v) is 5.26. The predicted octanol–water partition coefficient (Wildman–Crippen LogP) is 5.25. The summed E-state index contributed by atoms with van der Waals surface area (Å²) >= 11 is 14.9. The van der Waals surface area contributed by atoms with Crippen LogP contribution in [0.2, 0.25) is 10.0 Å². The van der Waals surface area contributed by atoms with E-state index in [0.29, 0.717) is 20.3 Å². The third-order valence-electron chi connectivity index (χ3n) is 2.31. The molecular formula is C13H7BrCl2O3. The van der Waals surface area contributed by atoms with Crippen molar-refractivity contribution in [3.8, 4) is 11.5 Å². The Morgan fingerprint density at radius 2 is 1.89 bits per heavy atom. The highest BCUT2D eigenvalue weighted by atomic mass is 79.9. The summed E-state index contributed by atoms with van der Waals surface area (Å²) in [6, 6.07) is 9.60. The molecule has 0 bridgehead atoms. The number of hydrogen-bond donors (Lipinski definition) is 1. The minimum Gasteiger partial charge on any atom is -0.478 e. The van der Waals surface area contributed by atoms with Crippen molar-refractivity contribution >= 4 is 45.1 Å². The first-order chi connectivity index (χ1) is 8.99. The van der Waals surface area contributed by atoms with Crippen LogP contribution < -0.4 is 4.74 Å². The fraction of sp³-hybridized carbons (Fsp3) is 0. The minimum atomic E-state index is -1.08. The Bertz CT molecular complexity index is 644. The van der Waals surface area contributed by atoms with Crippen molar-refractivity contribution in [2.75, 3.05) is 0 Å². The molecule has 2 aromatic rings. The molecule has 0 spiro atoms. The molecule has 2 aromatic carbocycles. The van der Waals surface area contributed by atoms with Gasteiger partial charge in [0.15, 0.2) is 0 Å². The fourth-order valence-electron chi connectivity index (χ4n) is 1.46. The lowest BCUT2D eigenvalue weighted by Crippen LogP contribution is -2.01. The maximum atomic E-state index is 11.2. The van der Waals surface area contributed by atoms with Gasteiger partial charge in [0, 0.05) is 10.5 Å². The molecule has 19 heavy (non-hydrogen) atoms. The average molecular weight is 362 g/mol. The Hall–Kier alpha value is -1.23. The van der Waals surface area contributed by atoms with Gasteiger partial charge in [0.05, 0.1) is 10.0 Å². The van der Waals surface area contributed by atoms with E-state index >= 15 is 0 Å². The Kier molecular flexibility index (Phi) is 4.34. The van der Waals surface area contributed by atoms with Gasteiger partial charge in [-0.3, -0.25) is 0 Å². The Labute approximate surface area is 127 Å². The zero-order valence-corrected chi connectivity index (χ0v) is 12.5. The number of carboxylic acid groups (broad SMARTS) is 1. The van der Waals surface area contributed by atoms with Crippen molar-refractivity contribution in [2.24, 2.45) is 0 Å². The highest BCUT2D eigenvalue weighted by Gasteiger charge is 2.16. The highest BCUT2D eigenvalue weighted by Crippen LogP contribution is 2.33. The largest absolute Gasteiger partial charge is 0.478 e. The topological polar surface area (TPSA) is 46.5 Å². The average Bonchev–Trinajstić information content (AvgIpc) is 2.33. The van der Waals surface area contributed by atoms with Crippen molar-refractivity contribution in [3.05, 3.63) is 56.5 Å². The summed E-state index contributed by atoms with van der Waals surface area (Å²) < 4.78 is 5.98. The lowest BCUT2D eigenvalue weighted by molar-refractivity contribution is 0.0693. The standard InChI is InChI=1S/C13H7BrCl2O3/c14-8-2-1-3-11(12(8)13(17)18)19-7-4-5-9(15)10(16)6-7/h1-6H,(H,17,18). The van der Waals surface area contributed by atoms with Crippen LogP contribution in [0.25, 0.3) is 0 Å². The Balaban J connectivity index is 2.40. The number of benzene rings is 2. The molecule has 0 amide bonds. The summed E-state index contributed by atoms with van der Waals surface area (Å²) in [5.74, 6) is -0.446. The fourth-order valence-corrected chi connectivity index (χ4v) is 2.27. The molecule has 6 heteroatoms. The number of hydrogen-bond acceptors (Lipinski definition) is 2. The van der Waals surface area contributed by atoms with Crippen LogP contribution in [0, 0.1) is 0 Å². The van der Waals surface area contributed by atoms with E-state index in [9.17, 15) is 4.79 Å². The van der Waals surface area contributed by atoms with Gasteiger partial charge in [-0.2, -0.15) is 0 Å². The lowest BCUT2D eigenvalue weighted by atomic mass is 10.2. The number of halogens is 3. The second kappa shape index (κ2) is 5.82. The molecule has 0 fully saturated rings. The van der Waals surface area contributed by atoms with Gasteiger partial charge in [0.2, 0.25) is 0 Å². The molecule has 3 nitrogen and oxygen atoms in total.